The third kappa shape index (κ3) is 4.16. The molecule has 3 aromatic rings. The van der Waals surface area contributed by atoms with E-state index in [9.17, 15) is 21.6 Å². The van der Waals surface area contributed by atoms with Crippen LogP contribution in [0, 0.1) is 0 Å². The van der Waals surface area contributed by atoms with E-state index < -0.39 is 21.6 Å². The molecule has 6 nitrogen and oxygen atoms in total. The first-order valence-electron chi connectivity index (χ1n) is 8.97. The first-order valence-corrected chi connectivity index (χ1v) is 10.8. The molecule has 29 heavy (non-hydrogen) atoms. The van der Waals surface area contributed by atoms with Gasteiger partial charge in [0.2, 0.25) is 0 Å². The van der Waals surface area contributed by atoms with E-state index in [2.05, 4.69) is 20.3 Å². The topological polar surface area (TPSA) is 84.8 Å². The Morgan fingerprint density at radius 1 is 1.00 bits per heavy atom. The van der Waals surface area contributed by atoms with Crippen molar-refractivity contribution in [3.8, 4) is 11.1 Å². The number of halogens is 3. The molecule has 0 amide bonds. The van der Waals surface area contributed by atoms with Crippen molar-refractivity contribution in [3.63, 3.8) is 0 Å². The van der Waals surface area contributed by atoms with Gasteiger partial charge in [0.05, 0.1) is 17.1 Å². The van der Waals surface area contributed by atoms with Crippen LogP contribution in [0.25, 0.3) is 22.2 Å². The Morgan fingerprint density at radius 2 is 1.69 bits per heavy atom. The normalized spacial score (nSPS) is 19.2. The minimum Gasteiger partial charge on any atom is -0.364 e. The molecule has 1 fully saturated rings. The fourth-order valence-corrected chi connectivity index (χ4v) is 5.08. The average molecular weight is 422 g/mol. The second-order valence-corrected chi connectivity index (χ2v) is 9.18. The molecule has 1 aromatic carbocycles. The van der Waals surface area contributed by atoms with Gasteiger partial charge in [0.15, 0.2) is 15.7 Å². The lowest BCUT2D eigenvalue weighted by Crippen LogP contribution is -2.35. The summed E-state index contributed by atoms with van der Waals surface area (Å²) in [6.07, 6.45) is 1.36. The Balaban J connectivity index is 1.70. The molecule has 1 aliphatic heterocycles. The Labute approximate surface area is 165 Å². The molecule has 0 radical (unpaired) electrons. The summed E-state index contributed by atoms with van der Waals surface area (Å²) in [6.45, 7) is 0. The van der Waals surface area contributed by atoms with Crippen molar-refractivity contribution in [2.75, 3.05) is 16.8 Å². The number of benzene rings is 1. The van der Waals surface area contributed by atoms with E-state index in [-0.39, 0.29) is 17.5 Å². The van der Waals surface area contributed by atoms with Crippen molar-refractivity contribution >= 4 is 26.7 Å². The third-order valence-corrected chi connectivity index (χ3v) is 6.65. The molecule has 0 spiro atoms. The van der Waals surface area contributed by atoms with E-state index in [1.165, 1.54) is 30.7 Å². The van der Waals surface area contributed by atoms with E-state index in [1.54, 1.807) is 0 Å². The van der Waals surface area contributed by atoms with Gasteiger partial charge in [0, 0.05) is 30.2 Å². The van der Waals surface area contributed by atoms with Crippen molar-refractivity contribution < 1.29 is 21.6 Å². The molecular weight excluding hydrogens is 405 g/mol. The lowest BCUT2D eigenvalue weighted by Gasteiger charge is -2.24. The summed E-state index contributed by atoms with van der Waals surface area (Å²) in [7, 11) is -3.09. The molecule has 1 saturated heterocycles. The van der Waals surface area contributed by atoms with Crippen LogP contribution in [0.4, 0.5) is 19.0 Å². The van der Waals surface area contributed by atoms with Gasteiger partial charge in [0.25, 0.3) is 0 Å². The monoisotopic (exact) mass is 422 g/mol. The van der Waals surface area contributed by atoms with Gasteiger partial charge in [-0.3, -0.25) is 4.98 Å². The number of hydrogen-bond acceptors (Lipinski definition) is 6. The van der Waals surface area contributed by atoms with Gasteiger partial charge in [-0.1, -0.05) is 12.1 Å². The predicted molar refractivity (Wildman–Crippen MR) is 103 cm³/mol. The van der Waals surface area contributed by atoms with Gasteiger partial charge in [-0.2, -0.15) is 13.2 Å². The highest BCUT2D eigenvalue weighted by molar-refractivity contribution is 7.91. The standard InChI is InChI=1S/C19H17F3N4O2S/c20-19(21,22)13-5-3-12(4-6-13)15-10-25-18(17-16(15)23-7-8-24-17)26-14-2-1-9-29(27,28)11-14/h3-8,10,14H,1-2,9,11H2,(H,25,26). The molecule has 1 N–H and O–H groups in total. The molecule has 0 aliphatic carbocycles. The molecule has 3 heterocycles. The predicted octanol–water partition coefficient (Wildman–Crippen LogP) is 3.70. The maximum atomic E-state index is 12.8. The quantitative estimate of drug-likeness (QED) is 0.693. The summed E-state index contributed by atoms with van der Waals surface area (Å²) in [6, 6.07) is 4.49. The van der Waals surface area contributed by atoms with Gasteiger partial charge >= 0.3 is 6.18 Å². The zero-order chi connectivity index (χ0) is 20.6. The average Bonchev–Trinajstić information content (AvgIpc) is 2.67. The van der Waals surface area contributed by atoms with Crippen LogP contribution in [0.1, 0.15) is 18.4 Å². The van der Waals surface area contributed by atoms with Crippen molar-refractivity contribution in [1.82, 2.24) is 15.0 Å². The minimum atomic E-state index is -4.41. The van der Waals surface area contributed by atoms with Crippen molar-refractivity contribution in [2.24, 2.45) is 0 Å². The molecule has 0 bridgehead atoms. The van der Waals surface area contributed by atoms with E-state index in [1.807, 2.05) is 0 Å². The number of nitrogens with one attached hydrogen (secondary N) is 1. The van der Waals surface area contributed by atoms with Crippen LogP contribution in [0.5, 0.6) is 0 Å². The van der Waals surface area contributed by atoms with Crippen LogP contribution in [0.2, 0.25) is 0 Å². The summed E-state index contributed by atoms with van der Waals surface area (Å²) in [5, 5.41) is 3.15. The second kappa shape index (κ2) is 7.25. The van der Waals surface area contributed by atoms with Gasteiger partial charge < -0.3 is 5.32 Å². The number of hydrogen-bond donors (Lipinski definition) is 1. The summed E-state index contributed by atoms with van der Waals surface area (Å²) in [4.78, 5) is 13.0. The number of pyridine rings is 1. The highest BCUT2D eigenvalue weighted by Crippen LogP contribution is 2.33. The lowest BCUT2D eigenvalue weighted by molar-refractivity contribution is -0.137. The smallest absolute Gasteiger partial charge is 0.364 e. The lowest BCUT2D eigenvalue weighted by atomic mass is 10.0. The Kier molecular flexibility index (Phi) is 4.89. The van der Waals surface area contributed by atoms with Crippen LogP contribution in [-0.4, -0.2) is 40.9 Å². The highest BCUT2D eigenvalue weighted by atomic mass is 32.2. The zero-order valence-corrected chi connectivity index (χ0v) is 16.0. The summed E-state index contributed by atoms with van der Waals surface area (Å²) < 4.78 is 62.2. The van der Waals surface area contributed by atoms with Crippen LogP contribution >= 0.6 is 0 Å². The van der Waals surface area contributed by atoms with E-state index in [4.69, 9.17) is 0 Å². The fraction of sp³-hybridized carbons (Fsp3) is 0.316. The van der Waals surface area contributed by atoms with Crippen LogP contribution in [0.15, 0.2) is 42.9 Å². The molecule has 4 rings (SSSR count). The molecule has 0 saturated carbocycles. The van der Waals surface area contributed by atoms with Crippen molar-refractivity contribution in [1.29, 1.82) is 0 Å². The molecular formula is C19H17F3N4O2S. The van der Waals surface area contributed by atoms with Crippen LogP contribution in [-0.2, 0) is 16.0 Å². The van der Waals surface area contributed by atoms with Crippen LogP contribution in [0.3, 0.4) is 0 Å². The maximum Gasteiger partial charge on any atom is 0.416 e. The van der Waals surface area contributed by atoms with Crippen molar-refractivity contribution in [2.45, 2.75) is 25.1 Å². The van der Waals surface area contributed by atoms with Crippen molar-refractivity contribution in [3.05, 3.63) is 48.4 Å². The number of aromatic nitrogens is 3. The minimum absolute atomic E-state index is 0.0249. The van der Waals surface area contributed by atoms with E-state index in [0.29, 0.717) is 40.8 Å². The Morgan fingerprint density at radius 3 is 2.34 bits per heavy atom. The summed E-state index contributed by atoms with van der Waals surface area (Å²) in [5.74, 6) is 0.620. The maximum absolute atomic E-state index is 12.8. The first kappa shape index (κ1) is 19.6. The summed E-state index contributed by atoms with van der Waals surface area (Å²) >= 11 is 0. The number of sulfone groups is 1. The van der Waals surface area contributed by atoms with Gasteiger partial charge in [-0.05, 0) is 30.5 Å². The Hall–Kier alpha value is -2.75. The molecule has 10 heteroatoms. The zero-order valence-electron chi connectivity index (χ0n) is 15.1. The SMILES string of the molecule is O=S1(=O)CCCC(Nc2ncc(-c3ccc(C(F)(F)F)cc3)c3nccnc23)C1. The van der Waals surface area contributed by atoms with Crippen LogP contribution < -0.4 is 5.32 Å². The number of fused-ring (bicyclic) bond motifs is 1. The molecule has 1 aliphatic rings. The van der Waals surface area contributed by atoms with Gasteiger partial charge in [-0.15, -0.1) is 0 Å². The fourth-order valence-electron chi connectivity index (χ4n) is 3.45. The van der Waals surface area contributed by atoms with E-state index >= 15 is 0 Å². The molecule has 2 aromatic heterocycles. The number of alkyl halides is 3. The van der Waals surface area contributed by atoms with E-state index in [0.717, 1.165) is 12.1 Å². The molecule has 152 valence electrons. The van der Waals surface area contributed by atoms with Gasteiger partial charge in [-0.25, -0.2) is 18.4 Å². The number of nitrogens with zero attached hydrogens (tertiary/aromatic N) is 3. The second-order valence-electron chi connectivity index (χ2n) is 6.95. The third-order valence-electron chi connectivity index (χ3n) is 4.83. The number of rotatable bonds is 3. The molecule has 1 unspecified atom stereocenters. The largest absolute Gasteiger partial charge is 0.416 e. The molecule has 1 atom stereocenters. The summed E-state index contributed by atoms with van der Waals surface area (Å²) in [5.41, 5.74) is 1.25. The van der Waals surface area contributed by atoms with Gasteiger partial charge in [0.1, 0.15) is 11.0 Å². The number of anilines is 1. The first-order chi connectivity index (χ1) is 13.7. The highest BCUT2D eigenvalue weighted by Gasteiger charge is 2.30. The Bertz CT molecular complexity index is 1150.